The summed E-state index contributed by atoms with van der Waals surface area (Å²) in [5, 5.41) is 0. The van der Waals surface area contributed by atoms with Gasteiger partial charge in [0.25, 0.3) is 0 Å². The fourth-order valence-electron chi connectivity index (χ4n) is 3.08. The zero-order chi connectivity index (χ0) is 22.3. The first-order valence-corrected chi connectivity index (χ1v) is 10.9. The van der Waals surface area contributed by atoms with Gasteiger partial charge in [0.15, 0.2) is 12.2 Å². The number of halogens is 1. The number of esters is 3. The fraction of sp³-hybridized carbons (Fsp3) is 0.476. The number of ether oxygens (including phenoxy) is 5. The van der Waals surface area contributed by atoms with Crippen LogP contribution in [0.25, 0.3) is 0 Å². The van der Waals surface area contributed by atoms with E-state index in [4.69, 9.17) is 23.7 Å². The van der Waals surface area contributed by atoms with E-state index in [-0.39, 0.29) is 0 Å². The zero-order valence-electron chi connectivity index (χ0n) is 17.0. The molecule has 0 spiro atoms. The van der Waals surface area contributed by atoms with Crippen molar-refractivity contribution in [2.24, 2.45) is 0 Å². The van der Waals surface area contributed by atoms with Crippen molar-refractivity contribution in [1.29, 1.82) is 0 Å². The minimum atomic E-state index is -1.14. The smallest absolute Gasteiger partial charge is 0.303 e. The standard InChI is InChI=1S/C21H25IO8/c1-5-6-15-7-9-16(10-8-15)29-21-20(28-14(4)25)19(27-13(3)24)18(26-12(2)23)17(11-22)30-21/h5,7-10,17-21H,1,6,11H2,2-4H3/t17-,18-,19+,20-,21-/m1/s1. The van der Waals surface area contributed by atoms with Gasteiger partial charge in [-0.3, -0.25) is 14.4 Å². The SMILES string of the molecule is C=CCc1ccc(O[C@@H]2O[C@H](CI)[C@@H](OC(C)=O)[C@H](OC(C)=O)[C@H]2OC(C)=O)cc1. The zero-order valence-corrected chi connectivity index (χ0v) is 19.2. The molecular weight excluding hydrogens is 507 g/mol. The number of hydrogen-bond acceptors (Lipinski definition) is 8. The van der Waals surface area contributed by atoms with Gasteiger partial charge in [0.2, 0.25) is 12.4 Å². The van der Waals surface area contributed by atoms with Crippen LogP contribution in [0.2, 0.25) is 0 Å². The Morgan fingerprint density at radius 1 is 0.967 bits per heavy atom. The maximum absolute atomic E-state index is 11.7. The molecule has 2 rings (SSSR count). The Hall–Kier alpha value is -2.14. The van der Waals surface area contributed by atoms with Crippen LogP contribution in [0, 0.1) is 0 Å². The second-order valence-electron chi connectivity index (χ2n) is 6.67. The molecule has 0 N–H and O–H groups in total. The van der Waals surface area contributed by atoms with Crippen LogP contribution in [0.4, 0.5) is 0 Å². The molecule has 164 valence electrons. The Morgan fingerprint density at radius 3 is 2.00 bits per heavy atom. The largest absolute Gasteiger partial charge is 0.461 e. The monoisotopic (exact) mass is 532 g/mol. The molecular formula is C21H25IO8. The lowest BCUT2D eigenvalue weighted by molar-refractivity contribution is -0.279. The normalized spacial score (nSPS) is 25.7. The first-order valence-electron chi connectivity index (χ1n) is 9.34. The molecule has 1 aliphatic rings. The van der Waals surface area contributed by atoms with Crippen molar-refractivity contribution in [3.05, 3.63) is 42.5 Å². The Balaban J connectivity index is 2.35. The fourth-order valence-corrected chi connectivity index (χ4v) is 3.79. The quantitative estimate of drug-likeness (QED) is 0.166. The highest BCUT2D eigenvalue weighted by atomic mass is 127. The highest BCUT2D eigenvalue weighted by Crippen LogP contribution is 2.31. The van der Waals surface area contributed by atoms with Crippen LogP contribution < -0.4 is 4.74 Å². The molecule has 1 aliphatic heterocycles. The molecule has 0 aromatic heterocycles. The van der Waals surface area contributed by atoms with E-state index in [2.05, 4.69) is 29.2 Å². The molecule has 0 aliphatic carbocycles. The maximum atomic E-state index is 11.7. The van der Waals surface area contributed by atoms with Crippen LogP contribution in [0.5, 0.6) is 5.75 Å². The molecule has 1 saturated heterocycles. The van der Waals surface area contributed by atoms with E-state index < -0.39 is 48.6 Å². The van der Waals surface area contributed by atoms with E-state index in [0.717, 1.165) is 5.56 Å². The average Bonchev–Trinajstić information content (AvgIpc) is 2.66. The second-order valence-corrected chi connectivity index (χ2v) is 7.55. The Morgan fingerprint density at radius 2 is 1.50 bits per heavy atom. The summed E-state index contributed by atoms with van der Waals surface area (Å²) in [4.78, 5) is 35.1. The summed E-state index contributed by atoms with van der Waals surface area (Å²) in [6.45, 7) is 7.39. The van der Waals surface area contributed by atoms with Crippen molar-refractivity contribution < 1.29 is 38.1 Å². The topological polar surface area (TPSA) is 97.4 Å². The van der Waals surface area contributed by atoms with E-state index >= 15 is 0 Å². The first-order chi connectivity index (χ1) is 14.2. The lowest BCUT2D eigenvalue weighted by atomic mass is 9.98. The third-order valence-electron chi connectivity index (χ3n) is 4.21. The predicted molar refractivity (Wildman–Crippen MR) is 115 cm³/mol. The van der Waals surface area contributed by atoms with Crippen molar-refractivity contribution in [3.8, 4) is 5.75 Å². The molecule has 30 heavy (non-hydrogen) atoms. The Labute approximate surface area is 189 Å². The van der Waals surface area contributed by atoms with Crippen molar-refractivity contribution in [2.45, 2.75) is 57.9 Å². The third-order valence-corrected chi connectivity index (χ3v) is 5.07. The molecule has 0 amide bonds. The summed E-state index contributed by atoms with van der Waals surface area (Å²) >= 11 is 2.07. The molecule has 1 fully saturated rings. The lowest BCUT2D eigenvalue weighted by Gasteiger charge is -2.43. The minimum absolute atomic E-state index is 0.415. The second kappa shape index (κ2) is 11.3. The highest BCUT2D eigenvalue weighted by molar-refractivity contribution is 14.1. The molecule has 1 heterocycles. The van der Waals surface area contributed by atoms with Crippen LogP contribution >= 0.6 is 22.6 Å². The number of alkyl halides is 1. The molecule has 0 saturated carbocycles. The molecule has 1 aromatic carbocycles. The van der Waals surface area contributed by atoms with Gasteiger partial charge in [0, 0.05) is 25.2 Å². The Kier molecular flexibility index (Phi) is 9.09. The number of allylic oxidation sites excluding steroid dienone is 1. The van der Waals surface area contributed by atoms with Gasteiger partial charge in [0.1, 0.15) is 11.9 Å². The Bertz CT molecular complexity index is 763. The van der Waals surface area contributed by atoms with Crippen molar-refractivity contribution in [1.82, 2.24) is 0 Å². The predicted octanol–water partition coefficient (Wildman–Crippen LogP) is 2.75. The molecule has 8 nitrogen and oxygen atoms in total. The number of benzene rings is 1. The van der Waals surface area contributed by atoms with Gasteiger partial charge < -0.3 is 23.7 Å². The van der Waals surface area contributed by atoms with E-state index in [9.17, 15) is 14.4 Å². The van der Waals surface area contributed by atoms with Crippen LogP contribution in [-0.4, -0.2) is 53.0 Å². The summed E-state index contributed by atoms with van der Waals surface area (Å²) in [6, 6.07) is 7.26. The van der Waals surface area contributed by atoms with Crippen LogP contribution in [0.3, 0.4) is 0 Å². The van der Waals surface area contributed by atoms with Gasteiger partial charge in [-0.15, -0.1) is 6.58 Å². The van der Waals surface area contributed by atoms with Gasteiger partial charge in [-0.25, -0.2) is 0 Å². The molecule has 0 bridgehead atoms. The molecule has 1 aromatic rings. The third kappa shape index (κ3) is 6.69. The molecule has 9 heteroatoms. The lowest BCUT2D eigenvalue weighted by Crippen LogP contribution is -2.63. The number of carbonyl (C=O) groups is 3. The van der Waals surface area contributed by atoms with Crippen molar-refractivity contribution in [3.63, 3.8) is 0 Å². The van der Waals surface area contributed by atoms with Gasteiger partial charge in [0.05, 0.1) is 0 Å². The summed E-state index contributed by atoms with van der Waals surface area (Å²) in [7, 11) is 0. The highest BCUT2D eigenvalue weighted by Gasteiger charge is 2.52. The maximum Gasteiger partial charge on any atom is 0.303 e. The molecule has 0 radical (unpaired) electrons. The van der Waals surface area contributed by atoms with Gasteiger partial charge >= 0.3 is 17.9 Å². The summed E-state index contributed by atoms with van der Waals surface area (Å²) < 4.78 is 28.5. The van der Waals surface area contributed by atoms with Crippen LogP contribution in [0.15, 0.2) is 36.9 Å². The van der Waals surface area contributed by atoms with Crippen LogP contribution in [0.1, 0.15) is 26.3 Å². The molecule has 0 unspecified atom stereocenters. The van der Waals surface area contributed by atoms with E-state index in [1.807, 2.05) is 12.1 Å². The van der Waals surface area contributed by atoms with E-state index in [1.54, 1.807) is 18.2 Å². The van der Waals surface area contributed by atoms with Crippen molar-refractivity contribution >= 4 is 40.5 Å². The van der Waals surface area contributed by atoms with Gasteiger partial charge in [-0.2, -0.15) is 0 Å². The van der Waals surface area contributed by atoms with Crippen LogP contribution in [-0.2, 0) is 39.8 Å². The molecule has 5 atom stereocenters. The number of carbonyl (C=O) groups excluding carboxylic acids is 3. The van der Waals surface area contributed by atoms with E-state index in [0.29, 0.717) is 16.6 Å². The number of hydrogen-bond donors (Lipinski definition) is 0. The number of rotatable bonds is 8. The van der Waals surface area contributed by atoms with Gasteiger partial charge in [-0.05, 0) is 24.1 Å². The first kappa shape index (κ1) is 24.1. The summed E-state index contributed by atoms with van der Waals surface area (Å²) in [5.41, 5.74) is 1.05. The van der Waals surface area contributed by atoms with Crippen molar-refractivity contribution in [2.75, 3.05) is 4.43 Å². The summed E-state index contributed by atoms with van der Waals surface area (Å²) in [6.07, 6.45) is -2.39. The average molecular weight is 532 g/mol. The summed E-state index contributed by atoms with van der Waals surface area (Å²) in [5.74, 6) is -1.33. The van der Waals surface area contributed by atoms with E-state index in [1.165, 1.54) is 20.8 Å². The van der Waals surface area contributed by atoms with Gasteiger partial charge in [-0.1, -0.05) is 40.8 Å². The minimum Gasteiger partial charge on any atom is -0.461 e.